The maximum Gasteiger partial charge on any atom is 0.233 e. The van der Waals surface area contributed by atoms with Crippen molar-refractivity contribution in [1.29, 1.82) is 0 Å². The molecule has 5 heteroatoms. The molecule has 1 heterocycles. The fraction of sp³-hybridized carbons (Fsp3) is 0.333. The SMILES string of the molecule is CCNC(=O)C(C)Sc1nc2ccccc2s1. The molecule has 0 spiro atoms. The zero-order chi connectivity index (χ0) is 12.3. The van der Waals surface area contributed by atoms with Crippen LogP contribution in [-0.4, -0.2) is 22.7 Å². The summed E-state index contributed by atoms with van der Waals surface area (Å²) < 4.78 is 2.11. The number of fused-ring (bicyclic) bond motifs is 1. The highest BCUT2D eigenvalue weighted by Crippen LogP contribution is 2.31. The number of hydrogen-bond donors (Lipinski definition) is 1. The number of hydrogen-bond acceptors (Lipinski definition) is 4. The van der Waals surface area contributed by atoms with E-state index in [1.54, 1.807) is 11.3 Å². The second-order valence-electron chi connectivity index (χ2n) is 3.60. The third kappa shape index (κ3) is 2.98. The normalized spacial score (nSPS) is 12.6. The van der Waals surface area contributed by atoms with Gasteiger partial charge < -0.3 is 5.32 Å². The van der Waals surface area contributed by atoms with E-state index in [-0.39, 0.29) is 11.2 Å². The number of amides is 1. The van der Waals surface area contributed by atoms with Crippen LogP contribution in [0.25, 0.3) is 10.2 Å². The van der Waals surface area contributed by atoms with Crippen molar-refractivity contribution in [2.24, 2.45) is 0 Å². The third-order valence-electron chi connectivity index (χ3n) is 2.27. The van der Waals surface area contributed by atoms with Crippen LogP contribution in [0.2, 0.25) is 0 Å². The smallest absolute Gasteiger partial charge is 0.233 e. The summed E-state index contributed by atoms with van der Waals surface area (Å²) in [6.45, 7) is 4.50. The Balaban J connectivity index is 2.10. The van der Waals surface area contributed by atoms with Gasteiger partial charge in [0.05, 0.1) is 15.5 Å². The molecule has 90 valence electrons. The quantitative estimate of drug-likeness (QED) is 0.865. The van der Waals surface area contributed by atoms with Crippen LogP contribution in [0.1, 0.15) is 13.8 Å². The van der Waals surface area contributed by atoms with Crippen molar-refractivity contribution in [2.75, 3.05) is 6.54 Å². The summed E-state index contributed by atoms with van der Waals surface area (Å²) >= 11 is 3.15. The fourth-order valence-electron chi connectivity index (χ4n) is 1.42. The van der Waals surface area contributed by atoms with Gasteiger partial charge in [-0.2, -0.15) is 0 Å². The zero-order valence-electron chi connectivity index (χ0n) is 9.77. The number of nitrogens with zero attached hydrogens (tertiary/aromatic N) is 1. The number of benzene rings is 1. The number of aromatic nitrogens is 1. The Morgan fingerprint density at radius 1 is 1.53 bits per heavy atom. The molecule has 0 saturated heterocycles. The first-order valence-corrected chi connectivity index (χ1v) is 7.20. The van der Waals surface area contributed by atoms with Crippen LogP contribution < -0.4 is 5.32 Å². The lowest BCUT2D eigenvalue weighted by Gasteiger charge is -2.07. The van der Waals surface area contributed by atoms with Crippen molar-refractivity contribution >= 4 is 39.2 Å². The minimum Gasteiger partial charge on any atom is -0.355 e. The second-order valence-corrected chi connectivity index (χ2v) is 6.22. The number of nitrogens with one attached hydrogen (secondary N) is 1. The lowest BCUT2D eigenvalue weighted by Crippen LogP contribution is -2.30. The Hall–Kier alpha value is -1.07. The van der Waals surface area contributed by atoms with Gasteiger partial charge in [0.1, 0.15) is 0 Å². The van der Waals surface area contributed by atoms with E-state index in [2.05, 4.69) is 10.3 Å². The zero-order valence-corrected chi connectivity index (χ0v) is 11.4. The summed E-state index contributed by atoms with van der Waals surface area (Å²) in [5.41, 5.74) is 1.00. The average molecular weight is 266 g/mol. The Morgan fingerprint density at radius 2 is 2.29 bits per heavy atom. The van der Waals surface area contributed by atoms with Crippen molar-refractivity contribution in [3.05, 3.63) is 24.3 Å². The molecule has 2 aromatic rings. The van der Waals surface area contributed by atoms with E-state index in [1.807, 2.05) is 38.1 Å². The van der Waals surface area contributed by atoms with E-state index in [0.29, 0.717) is 6.54 Å². The largest absolute Gasteiger partial charge is 0.355 e. The molecule has 1 unspecified atom stereocenters. The molecular weight excluding hydrogens is 252 g/mol. The molecule has 0 fully saturated rings. The van der Waals surface area contributed by atoms with Crippen LogP contribution in [0.3, 0.4) is 0 Å². The average Bonchev–Trinajstić information content (AvgIpc) is 2.71. The van der Waals surface area contributed by atoms with E-state index < -0.39 is 0 Å². The summed E-state index contributed by atoms with van der Waals surface area (Å²) in [6.07, 6.45) is 0. The topological polar surface area (TPSA) is 42.0 Å². The molecule has 1 aromatic heterocycles. The summed E-state index contributed by atoms with van der Waals surface area (Å²) in [4.78, 5) is 16.1. The standard InChI is InChI=1S/C12H14N2OS2/c1-3-13-11(15)8(2)16-12-14-9-6-4-5-7-10(9)17-12/h4-8H,3H2,1-2H3,(H,13,15). The highest BCUT2D eigenvalue weighted by atomic mass is 32.2. The van der Waals surface area contributed by atoms with Crippen molar-refractivity contribution in [1.82, 2.24) is 10.3 Å². The molecule has 0 aliphatic rings. The summed E-state index contributed by atoms with van der Waals surface area (Å²) in [5, 5.41) is 2.72. The minimum absolute atomic E-state index is 0.0664. The van der Waals surface area contributed by atoms with Crippen molar-refractivity contribution in [2.45, 2.75) is 23.4 Å². The van der Waals surface area contributed by atoms with Gasteiger partial charge in [-0.25, -0.2) is 4.98 Å². The van der Waals surface area contributed by atoms with Gasteiger partial charge in [0.15, 0.2) is 4.34 Å². The van der Waals surface area contributed by atoms with Crippen LogP contribution >= 0.6 is 23.1 Å². The van der Waals surface area contributed by atoms with Crippen molar-refractivity contribution < 1.29 is 4.79 Å². The van der Waals surface area contributed by atoms with E-state index >= 15 is 0 Å². The number of rotatable bonds is 4. The maximum atomic E-state index is 11.6. The maximum absolute atomic E-state index is 11.6. The van der Waals surface area contributed by atoms with Crippen LogP contribution in [0, 0.1) is 0 Å². The molecule has 3 nitrogen and oxygen atoms in total. The molecule has 17 heavy (non-hydrogen) atoms. The van der Waals surface area contributed by atoms with Crippen molar-refractivity contribution in [3.8, 4) is 0 Å². The summed E-state index contributed by atoms with van der Waals surface area (Å²) in [5.74, 6) is 0.0664. The molecule has 1 atom stereocenters. The fourth-order valence-corrected chi connectivity index (χ4v) is 3.66. The predicted octanol–water partition coefficient (Wildman–Crippen LogP) is 2.91. The molecule has 2 rings (SSSR count). The lowest BCUT2D eigenvalue weighted by molar-refractivity contribution is -0.120. The Bertz CT molecular complexity index is 491. The summed E-state index contributed by atoms with van der Waals surface area (Å²) in [6, 6.07) is 8.02. The van der Waals surface area contributed by atoms with Gasteiger partial charge in [0.25, 0.3) is 0 Å². The molecular formula is C12H14N2OS2. The third-order valence-corrected chi connectivity index (χ3v) is 4.50. The highest BCUT2D eigenvalue weighted by molar-refractivity contribution is 8.02. The van der Waals surface area contributed by atoms with Crippen LogP contribution in [0.5, 0.6) is 0 Å². The van der Waals surface area contributed by atoms with Crippen molar-refractivity contribution in [3.63, 3.8) is 0 Å². The Kier molecular flexibility index (Phi) is 4.02. The Morgan fingerprint density at radius 3 is 3.00 bits per heavy atom. The molecule has 1 aromatic carbocycles. The van der Waals surface area contributed by atoms with E-state index in [0.717, 1.165) is 14.6 Å². The molecule has 0 bridgehead atoms. The van der Waals surface area contributed by atoms with Gasteiger partial charge in [0, 0.05) is 6.54 Å². The Labute approximate surface area is 109 Å². The van der Waals surface area contributed by atoms with Gasteiger partial charge in [-0.3, -0.25) is 4.79 Å². The number of para-hydroxylation sites is 1. The van der Waals surface area contributed by atoms with Crippen LogP contribution in [0.4, 0.5) is 0 Å². The molecule has 1 amide bonds. The number of thioether (sulfide) groups is 1. The molecule has 0 aliphatic heterocycles. The lowest BCUT2D eigenvalue weighted by atomic mass is 10.3. The molecule has 1 N–H and O–H groups in total. The molecule has 0 aliphatic carbocycles. The monoisotopic (exact) mass is 266 g/mol. The number of thiazole rings is 1. The van der Waals surface area contributed by atoms with E-state index in [1.165, 1.54) is 11.8 Å². The number of carbonyl (C=O) groups is 1. The number of carbonyl (C=O) groups excluding carboxylic acids is 1. The van der Waals surface area contributed by atoms with Gasteiger partial charge >= 0.3 is 0 Å². The van der Waals surface area contributed by atoms with E-state index in [4.69, 9.17) is 0 Å². The van der Waals surface area contributed by atoms with Crippen LogP contribution in [0.15, 0.2) is 28.6 Å². The van der Waals surface area contributed by atoms with Gasteiger partial charge in [0.2, 0.25) is 5.91 Å². The predicted molar refractivity (Wildman–Crippen MR) is 73.6 cm³/mol. The first-order valence-electron chi connectivity index (χ1n) is 5.50. The van der Waals surface area contributed by atoms with Gasteiger partial charge in [-0.15, -0.1) is 11.3 Å². The summed E-state index contributed by atoms with van der Waals surface area (Å²) in [7, 11) is 0. The van der Waals surface area contributed by atoms with E-state index in [9.17, 15) is 4.79 Å². The van der Waals surface area contributed by atoms with Gasteiger partial charge in [-0.1, -0.05) is 23.9 Å². The van der Waals surface area contributed by atoms with Gasteiger partial charge in [-0.05, 0) is 26.0 Å². The van der Waals surface area contributed by atoms with Crippen LogP contribution in [-0.2, 0) is 4.79 Å². The highest BCUT2D eigenvalue weighted by Gasteiger charge is 2.15. The first kappa shape index (κ1) is 12.4. The molecule has 0 radical (unpaired) electrons. The minimum atomic E-state index is -0.101. The molecule has 0 saturated carbocycles. The first-order chi connectivity index (χ1) is 8.20. The second kappa shape index (κ2) is 5.51.